The lowest BCUT2D eigenvalue weighted by Crippen LogP contribution is -2.31. The van der Waals surface area contributed by atoms with E-state index in [-0.39, 0.29) is 18.3 Å². The molecule has 0 aliphatic rings. The summed E-state index contributed by atoms with van der Waals surface area (Å²) >= 11 is 7.26. The van der Waals surface area contributed by atoms with Crippen LogP contribution in [0.1, 0.15) is 15.5 Å². The Morgan fingerprint density at radius 2 is 2.27 bits per heavy atom. The van der Waals surface area contributed by atoms with E-state index in [2.05, 4.69) is 4.98 Å². The van der Waals surface area contributed by atoms with E-state index >= 15 is 0 Å². The van der Waals surface area contributed by atoms with Crippen molar-refractivity contribution in [2.75, 3.05) is 20.2 Å². The van der Waals surface area contributed by atoms with E-state index < -0.39 is 0 Å². The fourth-order valence-corrected chi connectivity index (χ4v) is 2.49. The molecule has 120 valence electrons. The standard InChI is InChI=1S/C14H16ClN3O2S.ClH/c1-18(14(19)12-9-21-13(8-16)17-12)5-6-20-11-4-2-3-10(15)7-11;/h2-4,7,9H,5-6,8,16H2,1H3;1H. The number of hydrogen-bond acceptors (Lipinski definition) is 5. The quantitative estimate of drug-likeness (QED) is 0.858. The van der Waals surface area contributed by atoms with Crippen LogP contribution in [0, 0.1) is 0 Å². The van der Waals surface area contributed by atoms with Crippen molar-refractivity contribution in [3.63, 3.8) is 0 Å². The third-order valence-corrected chi connectivity index (χ3v) is 3.89. The Labute approximate surface area is 144 Å². The highest BCUT2D eigenvalue weighted by Gasteiger charge is 2.15. The second-order valence-electron chi connectivity index (χ2n) is 4.36. The van der Waals surface area contributed by atoms with Gasteiger partial charge in [-0.3, -0.25) is 4.79 Å². The number of thiazole rings is 1. The fraction of sp³-hybridized carbons (Fsp3) is 0.286. The maximum atomic E-state index is 12.1. The molecule has 0 bridgehead atoms. The van der Waals surface area contributed by atoms with Crippen molar-refractivity contribution < 1.29 is 9.53 Å². The Kier molecular flexibility index (Phi) is 7.61. The van der Waals surface area contributed by atoms with E-state index in [9.17, 15) is 4.79 Å². The number of ether oxygens (including phenoxy) is 1. The van der Waals surface area contributed by atoms with E-state index in [0.29, 0.717) is 36.2 Å². The largest absolute Gasteiger partial charge is 0.492 e. The zero-order chi connectivity index (χ0) is 15.2. The SMILES string of the molecule is CN(CCOc1cccc(Cl)c1)C(=O)c1csc(CN)n1.Cl. The Bertz CT molecular complexity index is 622. The van der Waals surface area contributed by atoms with Crippen molar-refractivity contribution in [2.24, 2.45) is 5.73 Å². The van der Waals surface area contributed by atoms with Gasteiger partial charge in [0.25, 0.3) is 5.91 Å². The van der Waals surface area contributed by atoms with Gasteiger partial charge in [0.05, 0.1) is 6.54 Å². The molecule has 0 saturated heterocycles. The molecule has 2 N–H and O–H groups in total. The number of benzene rings is 1. The molecule has 1 amide bonds. The number of hydrogen-bond donors (Lipinski definition) is 1. The monoisotopic (exact) mass is 361 g/mol. The molecule has 5 nitrogen and oxygen atoms in total. The third kappa shape index (κ3) is 5.14. The van der Waals surface area contributed by atoms with Gasteiger partial charge in [-0.1, -0.05) is 17.7 Å². The summed E-state index contributed by atoms with van der Waals surface area (Å²) < 4.78 is 5.55. The van der Waals surface area contributed by atoms with Crippen molar-refractivity contribution in [1.29, 1.82) is 0 Å². The minimum Gasteiger partial charge on any atom is -0.492 e. The number of halogens is 2. The second kappa shape index (κ2) is 8.95. The first-order valence-electron chi connectivity index (χ1n) is 6.38. The average molecular weight is 362 g/mol. The Hall–Kier alpha value is -1.34. The van der Waals surface area contributed by atoms with E-state index in [1.54, 1.807) is 29.5 Å². The van der Waals surface area contributed by atoms with Crippen molar-refractivity contribution in [2.45, 2.75) is 6.54 Å². The van der Waals surface area contributed by atoms with Crippen LogP contribution in [0.4, 0.5) is 0 Å². The van der Waals surface area contributed by atoms with Gasteiger partial charge in [0, 0.05) is 24.0 Å². The van der Waals surface area contributed by atoms with Gasteiger partial charge < -0.3 is 15.4 Å². The Morgan fingerprint density at radius 3 is 2.91 bits per heavy atom. The number of nitrogens with zero attached hydrogens (tertiary/aromatic N) is 2. The van der Waals surface area contributed by atoms with Gasteiger partial charge in [0.2, 0.25) is 0 Å². The van der Waals surface area contributed by atoms with E-state index in [0.717, 1.165) is 5.01 Å². The van der Waals surface area contributed by atoms with Gasteiger partial charge in [-0.05, 0) is 18.2 Å². The molecule has 0 radical (unpaired) electrons. The summed E-state index contributed by atoms with van der Waals surface area (Å²) in [5, 5.41) is 3.09. The van der Waals surface area contributed by atoms with E-state index in [1.165, 1.54) is 11.3 Å². The summed E-state index contributed by atoms with van der Waals surface area (Å²) in [6.07, 6.45) is 0. The van der Waals surface area contributed by atoms with Crippen molar-refractivity contribution in [3.8, 4) is 5.75 Å². The molecule has 0 saturated carbocycles. The van der Waals surface area contributed by atoms with Gasteiger partial charge in [0.1, 0.15) is 23.1 Å². The van der Waals surface area contributed by atoms with Crippen LogP contribution in [0.25, 0.3) is 0 Å². The molecule has 0 aliphatic carbocycles. The minimum atomic E-state index is -0.138. The number of carbonyl (C=O) groups is 1. The highest BCUT2D eigenvalue weighted by molar-refractivity contribution is 7.09. The number of likely N-dealkylation sites (N-methyl/N-ethyl adjacent to an activating group) is 1. The number of amides is 1. The summed E-state index contributed by atoms with van der Waals surface area (Å²) in [4.78, 5) is 17.9. The lowest BCUT2D eigenvalue weighted by molar-refractivity contribution is 0.0768. The lowest BCUT2D eigenvalue weighted by Gasteiger charge is -2.16. The molecule has 8 heteroatoms. The second-order valence-corrected chi connectivity index (χ2v) is 5.74. The van der Waals surface area contributed by atoms with Crippen molar-refractivity contribution in [1.82, 2.24) is 9.88 Å². The first-order valence-corrected chi connectivity index (χ1v) is 7.64. The van der Waals surface area contributed by atoms with Gasteiger partial charge >= 0.3 is 0 Å². The summed E-state index contributed by atoms with van der Waals surface area (Å²) in [6, 6.07) is 7.15. The Balaban J connectivity index is 0.00000242. The molecular formula is C14H17Cl2N3O2S. The highest BCUT2D eigenvalue weighted by Crippen LogP contribution is 2.17. The maximum Gasteiger partial charge on any atom is 0.273 e. The van der Waals surface area contributed by atoms with E-state index in [4.69, 9.17) is 22.1 Å². The number of rotatable bonds is 6. The van der Waals surface area contributed by atoms with Gasteiger partial charge in [-0.25, -0.2) is 4.98 Å². The fourth-order valence-electron chi connectivity index (χ4n) is 1.66. The van der Waals surface area contributed by atoms with Crippen molar-refractivity contribution in [3.05, 3.63) is 45.4 Å². The number of nitrogens with two attached hydrogens (primary N) is 1. The zero-order valence-corrected chi connectivity index (χ0v) is 14.4. The van der Waals surface area contributed by atoms with Gasteiger partial charge in [0.15, 0.2) is 0 Å². The number of aromatic nitrogens is 1. The molecule has 1 aromatic carbocycles. The van der Waals surface area contributed by atoms with Crippen molar-refractivity contribution >= 4 is 41.3 Å². The zero-order valence-electron chi connectivity index (χ0n) is 12.0. The third-order valence-electron chi connectivity index (χ3n) is 2.78. The molecule has 22 heavy (non-hydrogen) atoms. The first-order chi connectivity index (χ1) is 10.1. The summed E-state index contributed by atoms with van der Waals surface area (Å²) in [7, 11) is 1.71. The van der Waals surface area contributed by atoms with Crippen LogP contribution in [-0.4, -0.2) is 36.0 Å². The summed E-state index contributed by atoms with van der Waals surface area (Å²) in [6.45, 7) is 1.19. The smallest absolute Gasteiger partial charge is 0.273 e. The minimum absolute atomic E-state index is 0. The topological polar surface area (TPSA) is 68.5 Å². The highest BCUT2D eigenvalue weighted by atomic mass is 35.5. The summed E-state index contributed by atoms with van der Waals surface area (Å²) in [5.74, 6) is 0.545. The number of carbonyl (C=O) groups excluding carboxylic acids is 1. The Morgan fingerprint density at radius 1 is 1.50 bits per heavy atom. The first kappa shape index (κ1) is 18.7. The molecule has 1 aromatic heterocycles. The lowest BCUT2D eigenvalue weighted by atomic mass is 10.3. The van der Waals surface area contributed by atoms with Crippen LogP contribution in [0.2, 0.25) is 5.02 Å². The normalized spacial score (nSPS) is 9.95. The van der Waals surface area contributed by atoms with Crippen LogP contribution in [0.15, 0.2) is 29.6 Å². The van der Waals surface area contributed by atoms with E-state index in [1.807, 2.05) is 12.1 Å². The molecule has 0 aliphatic heterocycles. The molecule has 1 heterocycles. The van der Waals surface area contributed by atoms with Crippen LogP contribution in [0.5, 0.6) is 5.75 Å². The predicted molar refractivity (Wildman–Crippen MR) is 91.2 cm³/mol. The molecular weight excluding hydrogens is 345 g/mol. The molecule has 0 fully saturated rings. The summed E-state index contributed by atoms with van der Waals surface area (Å²) in [5.41, 5.74) is 5.91. The van der Waals surface area contributed by atoms with Crippen LogP contribution in [0.3, 0.4) is 0 Å². The van der Waals surface area contributed by atoms with Gasteiger partial charge in [-0.15, -0.1) is 23.7 Å². The molecule has 2 rings (SSSR count). The molecule has 0 atom stereocenters. The maximum absolute atomic E-state index is 12.1. The average Bonchev–Trinajstić information content (AvgIpc) is 2.95. The van der Waals surface area contributed by atoms with Crippen LogP contribution in [-0.2, 0) is 6.54 Å². The molecule has 2 aromatic rings. The van der Waals surface area contributed by atoms with Crippen LogP contribution < -0.4 is 10.5 Å². The van der Waals surface area contributed by atoms with Gasteiger partial charge in [-0.2, -0.15) is 0 Å². The molecule has 0 unspecified atom stereocenters. The molecule has 0 spiro atoms. The predicted octanol–water partition coefficient (Wildman–Crippen LogP) is 2.83. The van der Waals surface area contributed by atoms with Crippen LogP contribution >= 0.6 is 35.3 Å².